The van der Waals surface area contributed by atoms with E-state index >= 15 is 0 Å². The second-order valence-electron chi connectivity index (χ2n) is 32.2. The summed E-state index contributed by atoms with van der Waals surface area (Å²) in [6.07, 6.45) is 0. The van der Waals surface area contributed by atoms with E-state index in [0.29, 0.717) is 0 Å². The van der Waals surface area contributed by atoms with Crippen molar-refractivity contribution in [2.75, 3.05) is 0 Å². The fourth-order valence-corrected chi connectivity index (χ4v) is 16.7. The maximum atomic E-state index is 2.56. The number of hydrogen-bond acceptors (Lipinski definition) is 0. The van der Waals surface area contributed by atoms with Crippen molar-refractivity contribution < 1.29 is 0 Å². The third-order valence-corrected chi connectivity index (χ3v) is 21.9. The van der Waals surface area contributed by atoms with Gasteiger partial charge in [0.15, 0.2) is 0 Å². The molecule has 3 aliphatic rings. The largest absolute Gasteiger partial charge is 0.0725 e. The van der Waals surface area contributed by atoms with E-state index in [0.717, 1.165) is 0 Å². The Morgan fingerprint density at radius 2 is 0.485 bits per heavy atom. The monoisotopic (exact) mass is 1250 g/mol. The Morgan fingerprint density at radius 3 is 0.845 bits per heavy atom. The van der Waals surface area contributed by atoms with Crippen LogP contribution in [-0.2, 0) is 32.5 Å². The summed E-state index contributed by atoms with van der Waals surface area (Å²) in [5.41, 5.74) is 38.0. The van der Waals surface area contributed by atoms with Crippen LogP contribution in [-0.4, -0.2) is 0 Å². The van der Waals surface area contributed by atoms with Crippen molar-refractivity contribution in [2.45, 2.75) is 122 Å². The predicted octanol–water partition coefficient (Wildman–Crippen LogP) is 25.9. The van der Waals surface area contributed by atoms with E-state index in [1.807, 2.05) is 0 Å². The highest BCUT2D eigenvalue weighted by Gasteiger charge is 2.55. The molecule has 0 bridgehead atoms. The number of benzene rings is 13. The molecule has 0 aromatic heterocycles. The van der Waals surface area contributed by atoms with Gasteiger partial charge in [0.2, 0.25) is 0 Å². The van der Waals surface area contributed by atoms with Crippen LogP contribution in [0.3, 0.4) is 0 Å². The quantitative estimate of drug-likeness (QED) is 0.142. The Balaban J connectivity index is 0.962. The molecule has 0 aliphatic heterocycles. The molecule has 474 valence electrons. The van der Waals surface area contributed by atoms with Crippen LogP contribution in [0.4, 0.5) is 0 Å². The molecule has 0 saturated carbocycles. The number of hydrogen-bond donors (Lipinski definition) is 0. The Bertz CT molecular complexity index is 4860. The minimum atomic E-state index is -0.784. The third-order valence-electron chi connectivity index (χ3n) is 21.9. The van der Waals surface area contributed by atoms with Gasteiger partial charge in [-0.25, -0.2) is 0 Å². The fourth-order valence-electron chi connectivity index (χ4n) is 16.7. The fraction of sp³-hybridized carbons (Fsp3) is 0.196. The summed E-state index contributed by atoms with van der Waals surface area (Å²) >= 11 is 0. The normalized spacial score (nSPS) is 14.0. The average molecular weight is 1250 g/mol. The van der Waals surface area contributed by atoms with E-state index in [1.54, 1.807) is 0 Å². The van der Waals surface area contributed by atoms with Crippen LogP contribution in [0.2, 0.25) is 0 Å². The molecule has 0 atom stereocenters. The molecule has 16 rings (SSSR count). The highest BCUT2D eigenvalue weighted by Crippen LogP contribution is 2.68. The number of fused-ring (bicyclic) bond motifs is 14. The molecule has 0 N–H and O–H groups in total. The molecule has 0 heterocycles. The summed E-state index contributed by atoms with van der Waals surface area (Å²) in [5.74, 6) is 0. The van der Waals surface area contributed by atoms with Gasteiger partial charge in [0.1, 0.15) is 0 Å². The van der Waals surface area contributed by atoms with Crippen molar-refractivity contribution in [3.63, 3.8) is 0 Å². The molecule has 0 radical (unpaired) electrons. The minimum absolute atomic E-state index is 0.0372. The molecule has 13 aromatic rings. The van der Waals surface area contributed by atoms with Crippen LogP contribution >= 0.6 is 0 Å². The molecule has 0 saturated heterocycles. The molecule has 97 heavy (non-hydrogen) atoms. The van der Waals surface area contributed by atoms with Gasteiger partial charge in [-0.05, 0) is 244 Å². The van der Waals surface area contributed by atoms with E-state index < -0.39 is 10.8 Å². The minimum Gasteiger partial charge on any atom is -0.0619 e. The summed E-state index contributed by atoms with van der Waals surface area (Å²) in [6, 6.07) is 111. The number of rotatable bonds is 8. The molecule has 3 aliphatic carbocycles. The Kier molecular flexibility index (Phi) is 14.3. The van der Waals surface area contributed by atoms with Gasteiger partial charge < -0.3 is 0 Å². The van der Waals surface area contributed by atoms with Crippen LogP contribution in [0.1, 0.15) is 155 Å². The lowest BCUT2D eigenvalue weighted by molar-refractivity contribution is 0.590. The lowest BCUT2D eigenvalue weighted by Crippen LogP contribution is -2.29. The molecular formula is C97H86. The summed E-state index contributed by atoms with van der Waals surface area (Å²) < 4.78 is 0. The van der Waals surface area contributed by atoms with Crippen LogP contribution in [0.15, 0.2) is 285 Å². The highest BCUT2D eigenvalue weighted by molar-refractivity contribution is 6.04. The zero-order chi connectivity index (χ0) is 67.1. The van der Waals surface area contributed by atoms with Crippen molar-refractivity contribution in [1.29, 1.82) is 0 Å². The van der Waals surface area contributed by atoms with Crippen LogP contribution in [0.5, 0.6) is 0 Å². The van der Waals surface area contributed by atoms with Crippen LogP contribution in [0, 0.1) is 6.92 Å². The first kappa shape index (κ1) is 61.7. The van der Waals surface area contributed by atoms with Gasteiger partial charge in [-0.2, -0.15) is 0 Å². The van der Waals surface area contributed by atoms with Gasteiger partial charge in [-0.3, -0.25) is 0 Å². The van der Waals surface area contributed by atoms with E-state index in [9.17, 15) is 0 Å². The maximum absolute atomic E-state index is 2.56. The lowest BCUT2D eigenvalue weighted by atomic mass is 9.66. The first-order valence-electron chi connectivity index (χ1n) is 35.0. The lowest BCUT2D eigenvalue weighted by Gasteiger charge is -2.35. The SMILES string of the molecule is Cc1ccc2c(c1)-c1c(ccc3c1-c1ccccc1C31c3ccccc3-c3ccccc31)C2(c1cccc(-c2cc(-c3ccc(C(C)(C)C)cc3)cc(-c3ccc(C(C)(C)C)cc3)c2)c1)c1cccc(-c2cc(-c3ccc(C(C)(C)C)cc3)cc(-c3ccc(C(C)(C)C)cc3)c2)c1. The van der Waals surface area contributed by atoms with Gasteiger partial charge in [0.05, 0.1) is 10.8 Å². The molecule has 1 spiro atoms. The summed E-state index contributed by atoms with van der Waals surface area (Å²) in [6.45, 7) is 29.8. The summed E-state index contributed by atoms with van der Waals surface area (Å²) in [5, 5.41) is 0. The standard InChI is InChI=1S/C97H86/c1-61-32-49-87-83(52-61)91-88(50-51-89-90(91)82-28-16-19-31-86(82)97(89)84-29-17-14-26-80(84)81-27-15-18-30-85(81)97)96(87,78-24-20-22-66(59-78)72-55-68(62-33-41-74(42-34-62)92(2,3)4)53-69(56-72)63-35-43-75(44-36-63)93(5,6)7)79-25-21-23-67(60-79)73-57-70(64-37-45-76(46-38-64)94(8,9)10)54-71(58-73)65-39-47-77(48-40-65)95(11,12)13/h14-60H,1-13H3. The molecule has 0 unspecified atom stereocenters. The molecule has 0 fully saturated rings. The summed E-state index contributed by atoms with van der Waals surface area (Å²) in [7, 11) is 0. The second kappa shape index (κ2) is 22.5. The van der Waals surface area contributed by atoms with Crippen molar-refractivity contribution >= 4 is 0 Å². The molecule has 0 amide bonds. The molecule has 13 aromatic carbocycles. The second-order valence-corrected chi connectivity index (χ2v) is 32.2. The van der Waals surface area contributed by atoms with Crippen molar-refractivity contribution in [3.05, 3.63) is 357 Å². The summed E-state index contributed by atoms with van der Waals surface area (Å²) in [4.78, 5) is 0. The smallest absolute Gasteiger partial charge is 0.0619 e. The van der Waals surface area contributed by atoms with Gasteiger partial charge in [0, 0.05) is 0 Å². The topological polar surface area (TPSA) is 0 Å². The Hall–Kier alpha value is -10.1. The molecule has 0 nitrogen and oxygen atoms in total. The van der Waals surface area contributed by atoms with Crippen molar-refractivity contribution in [2.24, 2.45) is 0 Å². The predicted molar refractivity (Wildman–Crippen MR) is 412 cm³/mol. The van der Waals surface area contributed by atoms with Crippen molar-refractivity contribution in [1.82, 2.24) is 0 Å². The van der Waals surface area contributed by atoms with Gasteiger partial charge in [-0.1, -0.05) is 325 Å². The maximum Gasteiger partial charge on any atom is 0.0725 e. The Morgan fingerprint density at radius 1 is 0.196 bits per heavy atom. The average Bonchev–Trinajstić information content (AvgIpc) is 1.49. The van der Waals surface area contributed by atoms with Gasteiger partial charge in [0.25, 0.3) is 0 Å². The van der Waals surface area contributed by atoms with E-state index in [-0.39, 0.29) is 21.7 Å². The van der Waals surface area contributed by atoms with Gasteiger partial charge in [-0.15, -0.1) is 0 Å². The first-order valence-corrected chi connectivity index (χ1v) is 35.0. The van der Waals surface area contributed by atoms with Crippen LogP contribution in [0.25, 0.3) is 100 Å². The van der Waals surface area contributed by atoms with E-state index in [4.69, 9.17) is 0 Å². The highest BCUT2D eigenvalue weighted by atomic mass is 14.6. The first-order chi connectivity index (χ1) is 46.5. The van der Waals surface area contributed by atoms with Gasteiger partial charge >= 0.3 is 0 Å². The zero-order valence-corrected chi connectivity index (χ0v) is 58.6. The van der Waals surface area contributed by atoms with Crippen molar-refractivity contribution in [3.8, 4) is 100 Å². The van der Waals surface area contributed by atoms with E-state index in [1.165, 1.54) is 172 Å². The Labute approximate surface area is 576 Å². The zero-order valence-electron chi connectivity index (χ0n) is 58.6. The molecular weight excluding hydrogens is 1170 g/mol. The number of aryl methyl sites for hydroxylation is 1. The third kappa shape index (κ3) is 10.1. The van der Waals surface area contributed by atoms with Crippen LogP contribution < -0.4 is 0 Å². The van der Waals surface area contributed by atoms with E-state index in [2.05, 4.69) is 375 Å². The molecule has 0 heteroatoms.